The first-order valence-corrected chi connectivity index (χ1v) is 8.10. The molecule has 5 nitrogen and oxygen atoms in total. The largest absolute Gasteiger partial charge is 0.440 e. The quantitative estimate of drug-likeness (QED) is 0.525. The summed E-state index contributed by atoms with van der Waals surface area (Å²) >= 11 is 2.99. The first-order chi connectivity index (χ1) is 10.4. The van der Waals surface area contributed by atoms with E-state index < -0.39 is 0 Å². The van der Waals surface area contributed by atoms with Gasteiger partial charge in [0.2, 0.25) is 5.89 Å². The Bertz CT molecular complexity index is 834. The van der Waals surface area contributed by atoms with E-state index in [-0.39, 0.29) is 0 Å². The van der Waals surface area contributed by atoms with E-state index in [9.17, 15) is 0 Å². The van der Waals surface area contributed by atoms with Crippen molar-refractivity contribution in [1.82, 2.24) is 15.2 Å². The maximum Gasteiger partial charge on any atom is 0.277 e. The summed E-state index contributed by atoms with van der Waals surface area (Å²) < 4.78 is 11.3. The monoisotopic (exact) mass is 315 g/mol. The highest BCUT2D eigenvalue weighted by Crippen LogP contribution is 2.28. The van der Waals surface area contributed by atoms with Crippen molar-refractivity contribution in [3.05, 3.63) is 47.7 Å². The molecule has 104 valence electrons. The van der Waals surface area contributed by atoms with E-state index in [2.05, 4.69) is 15.2 Å². The normalized spacial score (nSPS) is 11.2. The molecule has 3 aromatic heterocycles. The lowest BCUT2D eigenvalue weighted by Gasteiger charge is -1.90. The Hall–Kier alpha value is -2.12. The SMILES string of the molecule is c1csc(-c2nnc(SCc3nc4ccccc4o3)o2)c1. The lowest BCUT2D eigenvalue weighted by atomic mass is 10.3. The number of nitrogens with zero attached hydrogens (tertiary/aromatic N) is 3. The van der Waals surface area contributed by atoms with Gasteiger partial charge in [0.1, 0.15) is 5.52 Å². The standard InChI is InChI=1S/C14H9N3O2S2/c1-2-5-10-9(4-1)15-12(18-10)8-21-14-17-16-13(19-14)11-6-3-7-20-11/h1-7H,8H2. The summed E-state index contributed by atoms with van der Waals surface area (Å²) in [6, 6.07) is 11.6. The van der Waals surface area contributed by atoms with E-state index >= 15 is 0 Å². The Morgan fingerprint density at radius 1 is 1.05 bits per heavy atom. The first-order valence-electron chi connectivity index (χ1n) is 6.23. The highest BCUT2D eigenvalue weighted by Gasteiger charge is 2.12. The Balaban J connectivity index is 1.49. The second-order valence-electron chi connectivity index (χ2n) is 4.21. The maximum atomic E-state index is 5.65. The van der Waals surface area contributed by atoms with Crippen LogP contribution in [-0.4, -0.2) is 15.2 Å². The van der Waals surface area contributed by atoms with Crippen molar-refractivity contribution in [2.45, 2.75) is 11.0 Å². The molecule has 1 aromatic carbocycles. The third-order valence-electron chi connectivity index (χ3n) is 2.80. The highest BCUT2D eigenvalue weighted by atomic mass is 32.2. The van der Waals surface area contributed by atoms with E-state index in [1.165, 1.54) is 11.8 Å². The van der Waals surface area contributed by atoms with Crippen LogP contribution in [0.1, 0.15) is 5.89 Å². The fourth-order valence-electron chi connectivity index (χ4n) is 1.87. The van der Waals surface area contributed by atoms with Gasteiger partial charge in [-0.15, -0.1) is 21.5 Å². The first kappa shape index (κ1) is 12.6. The van der Waals surface area contributed by atoms with Crippen molar-refractivity contribution < 1.29 is 8.83 Å². The Morgan fingerprint density at radius 3 is 2.86 bits per heavy atom. The lowest BCUT2D eigenvalue weighted by Crippen LogP contribution is -1.79. The molecule has 0 aliphatic heterocycles. The number of thioether (sulfide) groups is 1. The average Bonchev–Trinajstić information content (AvgIpc) is 3.23. The van der Waals surface area contributed by atoms with E-state index in [0.717, 1.165) is 16.0 Å². The number of fused-ring (bicyclic) bond motifs is 1. The summed E-state index contributed by atoms with van der Waals surface area (Å²) in [5.74, 6) is 1.75. The molecular weight excluding hydrogens is 306 g/mol. The van der Waals surface area contributed by atoms with Crippen LogP contribution in [0.4, 0.5) is 0 Å². The minimum atomic E-state index is 0.514. The molecule has 0 spiro atoms. The molecule has 0 bridgehead atoms. The fraction of sp³-hybridized carbons (Fsp3) is 0.0714. The van der Waals surface area contributed by atoms with Crippen LogP contribution in [0.25, 0.3) is 21.9 Å². The molecule has 0 fully saturated rings. The molecule has 0 saturated carbocycles. The van der Waals surface area contributed by atoms with Crippen LogP contribution in [0, 0.1) is 0 Å². The summed E-state index contributed by atoms with van der Waals surface area (Å²) in [5.41, 5.74) is 1.65. The van der Waals surface area contributed by atoms with Crippen molar-refractivity contribution in [3.63, 3.8) is 0 Å². The van der Waals surface area contributed by atoms with Crippen LogP contribution in [0.5, 0.6) is 0 Å². The number of hydrogen-bond donors (Lipinski definition) is 0. The molecule has 0 unspecified atom stereocenters. The number of para-hydroxylation sites is 2. The predicted molar refractivity (Wildman–Crippen MR) is 81.2 cm³/mol. The number of aromatic nitrogens is 3. The average molecular weight is 315 g/mol. The summed E-state index contributed by atoms with van der Waals surface area (Å²) in [5, 5.41) is 10.6. The van der Waals surface area contributed by atoms with Crippen LogP contribution in [0.15, 0.2) is 55.8 Å². The molecule has 0 saturated heterocycles. The van der Waals surface area contributed by atoms with Crippen LogP contribution in [0.2, 0.25) is 0 Å². The molecule has 0 amide bonds. The van der Waals surface area contributed by atoms with E-state index in [1.54, 1.807) is 11.3 Å². The second kappa shape index (κ2) is 5.34. The second-order valence-corrected chi connectivity index (χ2v) is 6.09. The Labute approximate surface area is 128 Å². The van der Waals surface area contributed by atoms with Gasteiger partial charge in [0.15, 0.2) is 5.58 Å². The van der Waals surface area contributed by atoms with E-state index in [4.69, 9.17) is 8.83 Å². The zero-order chi connectivity index (χ0) is 14.1. The fourth-order valence-corrected chi connectivity index (χ4v) is 3.12. The van der Waals surface area contributed by atoms with Crippen LogP contribution in [0.3, 0.4) is 0 Å². The molecule has 0 N–H and O–H groups in total. The summed E-state index contributed by atoms with van der Waals surface area (Å²) in [6.45, 7) is 0. The number of rotatable bonds is 4. The molecular formula is C14H9N3O2S2. The van der Waals surface area contributed by atoms with Crippen LogP contribution in [-0.2, 0) is 5.75 Å². The number of oxazole rings is 1. The van der Waals surface area contributed by atoms with Crippen molar-refractivity contribution in [2.75, 3.05) is 0 Å². The predicted octanol–water partition coefficient (Wildman–Crippen LogP) is 4.23. The van der Waals surface area contributed by atoms with Crippen molar-refractivity contribution in [2.24, 2.45) is 0 Å². The van der Waals surface area contributed by atoms with Crippen LogP contribution >= 0.6 is 23.1 Å². The smallest absolute Gasteiger partial charge is 0.277 e. The minimum absolute atomic E-state index is 0.514. The van der Waals surface area contributed by atoms with Crippen molar-refractivity contribution in [1.29, 1.82) is 0 Å². The van der Waals surface area contributed by atoms with Gasteiger partial charge in [0, 0.05) is 0 Å². The third-order valence-corrected chi connectivity index (χ3v) is 4.46. The lowest BCUT2D eigenvalue weighted by molar-refractivity contribution is 0.465. The summed E-state index contributed by atoms with van der Waals surface area (Å²) in [7, 11) is 0. The molecule has 7 heteroatoms. The van der Waals surface area contributed by atoms with Gasteiger partial charge in [-0.05, 0) is 23.6 Å². The summed E-state index contributed by atoms with van der Waals surface area (Å²) in [6.07, 6.45) is 0. The van der Waals surface area contributed by atoms with E-state index in [0.29, 0.717) is 22.8 Å². The molecule has 0 atom stereocenters. The highest BCUT2D eigenvalue weighted by molar-refractivity contribution is 7.98. The molecule has 0 aliphatic carbocycles. The molecule has 4 rings (SSSR count). The zero-order valence-electron chi connectivity index (χ0n) is 10.7. The molecule has 3 heterocycles. The van der Waals surface area contributed by atoms with Gasteiger partial charge >= 0.3 is 0 Å². The molecule has 0 aliphatic rings. The van der Waals surface area contributed by atoms with Crippen LogP contribution < -0.4 is 0 Å². The molecule has 4 aromatic rings. The number of benzene rings is 1. The van der Waals surface area contributed by atoms with Crippen molar-refractivity contribution >= 4 is 34.2 Å². The van der Waals surface area contributed by atoms with Gasteiger partial charge in [0.25, 0.3) is 11.1 Å². The number of thiophene rings is 1. The van der Waals surface area contributed by atoms with Gasteiger partial charge < -0.3 is 8.83 Å². The van der Waals surface area contributed by atoms with Gasteiger partial charge in [0.05, 0.1) is 10.6 Å². The van der Waals surface area contributed by atoms with Gasteiger partial charge in [-0.2, -0.15) is 0 Å². The van der Waals surface area contributed by atoms with Gasteiger partial charge in [-0.1, -0.05) is 30.0 Å². The third kappa shape index (κ3) is 2.57. The number of hydrogen-bond acceptors (Lipinski definition) is 7. The topological polar surface area (TPSA) is 65.0 Å². The van der Waals surface area contributed by atoms with E-state index in [1.807, 2.05) is 41.8 Å². The molecule has 21 heavy (non-hydrogen) atoms. The van der Waals surface area contributed by atoms with Crippen molar-refractivity contribution in [3.8, 4) is 10.8 Å². The molecule has 0 radical (unpaired) electrons. The minimum Gasteiger partial charge on any atom is -0.440 e. The van der Waals surface area contributed by atoms with Gasteiger partial charge in [-0.3, -0.25) is 0 Å². The summed E-state index contributed by atoms with van der Waals surface area (Å²) in [4.78, 5) is 5.38. The van der Waals surface area contributed by atoms with Gasteiger partial charge in [-0.25, -0.2) is 4.98 Å². The Morgan fingerprint density at radius 2 is 2.00 bits per heavy atom. The Kier molecular flexibility index (Phi) is 3.21. The zero-order valence-corrected chi connectivity index (χ0v) is 12.4. The maximum absolute atomic E-state index is 5.65.